The average Bonchev–Trinajstić information content (AvgIpc) is 2.91. The van der Waals surface area contributed by atoms with Crippen LogP contribution in [0.25, 0.3) is 0 Å². The van der Waals surface area contributed by atoms with Gasteiger partial charge in [0.25, 0.3) is 0 Å². The third-order valence-corrected chi connectivity index (χ3v) is 3.92. The van der Waals surface area contributed by atoms with E-state index in [-0.39, 0.29) is 6.04 Å². The molecule has 0 aromatic carbocycles. The molecule has 0 radical (unpaired) electrons. The quantitative estimate of drug-likeness (QED) is 0.765. The first-order chi connectivity index (χ1) is 8.96. The van der Waals surface area contributed by atoms with Gasteiger partial charge in [0, 0.05) is 20.0 Å². The lowest BCUT2D eigenvalue weighted by atomic mass is 10.2. The smallest absolute Gasteiger partial charge is 0.223 e. The molecule has 0 unspecified atom stereocenters. The molecule has 1 N–H and O–H groups in total. The van der Waals surface area contributed by atoms with E-state index in [1.165, 1.54) is 6.26 Å². The van der Waals surface area contributed by atoms with Crippen molar-refractivity contribution in [1.82, 2.24) is 19.8 Å². The number of rotatable bonds is 6. The van der Waals surface area contributed by atoms with Crippen molar-refractivity contribution in [2.24, 2.45) is 0 Å². The van der Waals surface area contributed by atoms with E-state index in [9.17, 15) is 8.42 Å². The largest absolute Gasteiger partial charge is 0.340 e. The first-order valence-corrected chi connectivity index (χ1v) is 8.34. The molecule has 1 aromatic rings. The molecule has 108 valence electrons. The molecule has 1 aliphatic heterocycles. The van der Waals surface area contributed by atoms with Crippen LogP contribution in [0.15, 0.2) is 4.52 Å². The molecule has 8 heteroatoms. The lowest BCUT2D eigenvalue weighted by Crippen LogP contribution is -2.29. The molecular weight excluding hydrogens is 268 g/mol. The van der Waals surface area contributed by atoms with Crippen molar-refractivity contribution in [3.8, 4) is 0 Å². The fraction of sp³-hybridized carbons (Fsp3) is 0.818. The molecule has 1 atom stereocenters. The predicted octanol–water partition coefficient (Wildman–Crippen LogP) is 0.454. The van der Waals surface area contributed by atoms with E-state index in [0.29, 0.717) is 12.4 Å². The minimum absolute atomic E-state index is 0.204. The van der Waals surface area contributed by atoms with Gasteiger partial charge in [0.15, 0.2) is 5.82 Å². The summed E-state index contributed by atoms with van der Waals surface area (Å²) in [5.74, 6) is 1.33. The van der Waals surface area contributed by atoms with Gasteiger partial charge >= 0.3 is 0 Å². The van der Waals surface area contributed by atoms with Crippen LogP contribution in [0.1, 0.15) is 37.0 Å². The van der Waals surface area contributed by atoms with Crippen LogP contribution in [0, 0.1) is 6.92 Å². The van der Waals surface area contributed by atoms with Crippen LogP contribution < -0.4 is 4.72 Å². The summed E-state index contributed by atoms with van der Waals surface area (Å²) in [5, 5.41) is 3.98. The summed E-state index contributed by atoms with van der Waals surface area (Å²) < 4.78 is 29.4. The molecule has 2 rings (SSSR count). The predicted molar refractivity (Wildman–Crippen MR) is 70.0 cm³/mol. The molecule has 0 saturated carbocycles. The Kier molecular flexibility index (Phi) is 4.54. The zero-order valence-electron chi connectivity index (χ0n) is 11.3. The highest BCUT2D eigenvalue weighted by molar-refractivity contribution is 7.88. The van der Waals surface area contributed by atoms with Crippen LogP contribution >= 0.6 is 0 Å². The van der Waals surface area contributed by atoms with Crippen LogP contribution in [-0.2, 0) is 10.0 Å². The standard InChI is InChI=1S/C11H20N4O3S/c1-9-13-11(14-18-9)10-5-3-7-15(10)8-4-6-12-19(2,16)17/h10,12H,3-8H2,1-2H3/t10-/m0/s1. The van der Waals surface area contributed by atoms with Crippen molar-refractivity contribution in [3.63, 3.8) is 0 Å². The number of nitrogens with zero attached hydrogens (tertiary/aromatic N) is 3. The van der Waals surface area contributed by atoms with E-state index < -0.39 is 10.0 Å². The Morgan fingerprint density at radius 2 is 2.32 bits per heavy atom. The van der Waals surface area contributed by atoms with E-state index in [1.807, 2.05) is 0 Å². The highest BCUT2D eigenvalue weighted by atomic mass is 32.2. The summed E-state index contributed by atoms with van der Waals surface area (Å²) in [6.45, 7) is 4.08. The van der Waals surface area contributed by atoms with Crippen molar-refractivity contribution >= 4 is 10.0 Å². The van der Waals surface area contributed by atoms with Crippen molar-refractivity contribution in [2.75, 3.05) is 25.9 Å². The van der Waals surface area contributed by atoms with Crippen LogP contribution in [0.5, 0.6) is 0 Å². The maximum atomic E-state index is 11.0. The minimum Gasteiger partial charge on any atom is -0.340 e. The van der Waals surface area contributed by atoms with Gasteiger partial charge in [0.05, 0.1) is 12.3 Å². The highest BCUT2D eigenvalue weighted by Gasteiger charge is 2.29. The van der Waals surface area contributed by atoms with Crippen LogP contribution in [0.4, 0.5) is 0 Å². The third kappa shape index (κ3) is 4.26. The van der Waals surface area contributed by atoms with Crippen molar-refractivity contribution < 1.29 is 12.9 Å². The lowest BCUT2D eigenvalue weighted by molar-refractivity contribution is 0.240. The molecule has 7 nitrogen and oxygen atoms in total. The normalized spacial score (nSPS) is 21.1. The molecule has 0 aliphatic carbocycles. The van der Waals surface area contributed by atoms with E-state index >= 15 is 0 Å². The van der Waals surface area contributed by atoms with Crippen molar-refractivity contribution in [1.29, 1.82) is 0 Å². The number of nitrogens with one attached hydrogen (secondary N) is 1. The second kappa shape index (κ2) is 5.98. The Bertz CT molecular complexity index is 514. The summed E-state index contributed by atoms with van der Waals surface area (Å²) >= 11 is 0. The van der Waals surface area contributed by atoms with Gasteiger partial charge in [0.1, 0.15) is 0 Å². The molecule has 1 saturated heterocycles. The van der Waals surface area contributed by atoms with E-state index in [4.69, 9.17) is 4.52 Å². The van der Waals surface area contributed by atoms with Crippen molar-refractivity contribution in [2.45, 2.75) is 32.2 Å². The maximum absolute atomic E-state index is 11.0. The molecule has 0 amide bonds. The number of aryl methyl sites for hydroxylation is 1. The van der Waals surface area contributed by atoms with Gasteiger partial charge in [-0.05, 0) is 25.8 Å². The molecule has 0 spiro atoms. The van der Waals surface area contributed by atoms with Gasteiger partial charge in [-0.15, -0.1) is 0 Å². The van der Waals surface area contributed by atoms with E-state index in [0.717, 1.165) is 38.2 Å². The summed E-state index contributed by atoms with van der Waals surface area (Å²) in [7, 11) is -3.09. The second-order valence-corrected chi connectivity index (χ2v) is 6.72. The molecule has 0 bridgehead atoms. The number of aromatic nitrogens is 2. The summed E-state index contributed by atoms with van der Waals surface area (Å²) in [4.78, 5) is 6.57. The Morgan fingerprint density at radius 1 is 1.53 bits per heavy atom. The zero-order valence-corrected chi connectivity index (χ0v) is 12.1. The molecule has 19 heavy (non-hydrogen) atoms. The fourth-order valence-electron chi connectivity index (χ4n) is 2.38. The van der Waals surface area contributed by atoms with Gasteiger partial charge in [-0.25, -0.2) is 13.1 Å². The second-order valence-electron chi connectivity index (χ2n) is 4.89. The van der Waals surface area contributed by atoms with Gasteiger partial charge in [-0.2, -0.15) is 4.98 Å². The number of sulfonamides is 1. The number of hydrogen-bond acceptors (Lipinski definition) is 6. The molecular formula is C11H20N4O3S. The van der Waals surface area contributed by atoms with Gasteiger partial charge < -0.3 is 4.52 Å². The maximum Gasteiger partial charge on any atom is 0.223 e. The van der Waals surface area contributed by atoms with Gasteiger partial charge in [0.2, 0.25) is 15.9 Å². The SMILES string of the molecule is Cc1nc([C@@H]2CCCN2CCCNS(C)(=O)=O)no1. The number of likely N-dealkylation sites (tertiary alicyclic amines) is 1. The lowest BCUT2D eigenvalue weighted by Gasteiger charge is -2.21. The summed E-state index contributed by atoms with van der Waals surface area (Å²) in [6, 6.07) is 0.204. The van der Waals surface area contributed by atoms with Gasteiger partial charge in [-0.1, -0.05) is 5.16 Å². The monoisotopic (exact) mass is 288 g/mol. The Morgan fingerprint density at radius 3 is 2.95 bits per heavy atom. The Balaban J connectivity index is 1.83. The molecule has 2 heterocycles. The van der Waals surface area contributed by atoms with Crippen LogP contribution in [-0.4, -0.2) is 49.3 Å². The van der Waals surface area contributed by atoms with Crippen LogP contribution in [0.3, 0.4) is 0 Å². The van der Waals surface area contributed by atoms with Crippen LogP contribution in [0.2, 0.25) is 0 Å². The molecule has 1 aromatic heterocycles. The first-order valence-electron chi connectivity index (χ1n) is 6.44. The Hall–Kier alpha value is -0.990. The first kappa shape index (κ1) is 14.4. The Labute approximate surface area is 113 Å². The topological polar surface area (TPSA) is 88.3 Å². The average molecular weight is 288 g/mol. The summed E-state index contributed by atoms with van der Waals surface area (Å²) in [6.07, 6.45) is 4.09. The van der Waals surface area contributed by atoms with Gasteiger partial charge in [-0.3, -0.25) is 4.90 Å². The fourth-order valence-corrected chi connectivity index (χ4v) is 2.89. The zero-order chi connectivity index (χ0) is 13.9. The summed E-state index contributed by atoms with van der Waals surface area (Å²) in [5.41, 5.74) is 0. The third-order valence-electron chi connectivity index (χ3n) is 3.19. The number of hydrogen-bond donors (Lipinski definition) is 1. The van der Waals surface area contributed by atoms with E-state index in [2.05, 4.69) is 19.8 Å². The minimum atomic E-state index is -3.09. The van der Waals surface area contributed by atoms with E-state index in [1.54, 1.807) is 6.92 Å². The molecule has 1 aliphatic rings. The van der Waals surface area contributed by atoms with Crippen molar-refractivity contribution in [3.05, 3.63) is 11.7 Å². The molecule has 1 fully saturated rings. The highest BCUT2D eigenvalue weighted by Crippen LogP contribution is 2.29.